The van der Waals surface area contributed by atoms with Crippen molar-refractivity contribution in [2.45, 2.75) is 20.3 Å². The smallest absolute Gasteiger partial charge is 0.358 e. The van der Waals surface area contributed by atoms with Gasteiger partial charge in [0.25, 0.3) is 0 Å². The molecule has 0 amide bonds. The van der Waals surface area contributed by atoms with Crippen molar-refractivity contribution in [3.05, 3.63) is 10.6 Å². The molecule has 0 aliphatic carbocycles. The first-order chi connectivity index (χ1) is 10.2. The lowest BCUT2D eigenvalue weighted by Gasteiger charge is -2.20. The van der Waals surface area contributed by atoms with Gasteiger partial charge in [0.2, 0.25) is 0 Å². The number of thiazole rings is 1. The van der Waals surface area contributed by atoms with Gasteiger partial charge in [-0.1, -0.05) is 0 Å². The molecule has 0 aromatic carbocycles. The minimum absolute atomic E-state index is 0.198. The average molecular weight is 313 g/mol. The van der Waals surface area contributed by atoms with Crippen molar-refractivity contribution in [1.82, 2.24) is 9.88 Å². The number of β-amino-alcohol motifs (C(OH)–C–C–N with tert-alkyl or cyclic N) is 1. The molecule has 0 radical (unpaired) electrons. The number of carbonyl (C=O) groups excluding carboxylic acids is 1. The van der Waals surface area contributed by atoms with Gasteiger partial charge in [0, 0.05) is 31.1 Å². The van der Waals surface area contributed by atoms with Crippen LogP contribution < -0.4 is 4.90 Å². The molecule has 2 heterocycles. The first-order valence-corrected chi connectivity index (χ1v) is 8.20. The van der Waals surface area contributed by atoms with Crippen LogP contribution in [0, 0.1) is 6.92 Å². The van der Waals surface area contributed by atoms with E-state index < -0.39 is 0 Å². The van der Waals surface area contributed by atoms with E-state index in [2.05, 4.69) is 14.8 Å². The number of ether oxygens (including phenoxy) is 1. The minimum Gasteiger partial charge on any atom is -0.461 e. The van der Waals surface area contributed by atoms with Crippen molar-refractivity contribution in [3.8, 4) is 0 Å². The van der Waals surface area contributed by atoms with E-state index in [0.29, 0.717) is 12.3 Å². The topological polar surface area (TPSA) is 65.9 Å². The van der Waals surface area contributed by atoms with E-state index in [-0.39, 0.29) is 12.6 Å². The normalized spacial score (nSPS) is 16.8. The lowest BCUT2D eigenvalue weighted by Crippen LogP contribution is -2.32. The second-order valence-electron chi connectivity index (χ2n) is 5.03. The molecule has 1 saturated heterocycles. The number of esters is 1. The zero-order valence-corrected chi connectivity index (χ0v) is 13.5. The van der Waals surface area contributed by atoms with Crippen LogP contribution in [0.15, 0.2) is 0 Å². The van der Waals surface area contributed by atoms with Crippen LogP contribution in [0.5, 0.6) is 0 Å². The van der Waals surface area contributed by atoms with E-state index >= 15 is 0 Å². The summed E-state index contributed by atoms with van der Waals surface area (Å²) in [7, 11) is 0. The largest absolute Gasteiger partial charge is 0.461 e. The van der Waals surface area contributed by atoms with Crippen LogP contribution in [0.1, 0.15) is 28.7 Å². The summed E-state index contributed by atoms with van der Waals surface area (Å²) in [4.78, 5) is 21.7. The molecule has 2 rings (SSSR count). The predicted octanol–water partition coefficient (Wildman–Crippen LogP) is 1.13. The minimum atomic E-state index is -0.339. The van der Waals surface area contributed by atoms with Gasteiger partial charge >= 0.3 is 5.97 Å². The van der Waals surface area contributed by atoms with Crippen molar-refractivity contribution >= 4 is 22.4 Å². The molecule has 7 heteroatoms. The average Bonchev–Trinajstić information content (AvgIpc) is 2.69. The second kappa shape index (κ2) is 7.72. The summed E-state index contributed by atoms with van der Waals surface area (Å²) in [5, 5.41) is 9.92. The Hall–Kier alpha value is -1.18. The van der Waals surface area contributed by atoms with Crippen molar-refractivity contribution in [2.24, 2.45) is 0 Å². The monoisotopic (exact) mass is 313 g/mol. The summed E-state index contributed by atoms with van der Waals surface area (Å²) in [6.45, 7) is 8.69. The molecule has 0 atom stereocenters. The summed E-state index contributed by atoms with van der Waals surface area (Å²) in [5.41, 5.74) is 0.438. The van der Waals surface area contributed by atoms with Gasteiger partial charge in [0.15, 0.2) is 10.8 Å². The molecule has 1 N–H and O–H groups in total. The quantitative estimate of drug-likeness (QED) is 0.822. The molecule has 0 bridgehead atoms. The number of hydrogen-bond donors (Lipinski definition) is 1. The Labute approximate surface area is 129 Å². The van der Waals surface area contributed by atoms with Gasteiger partial charge in [-0.15, -0.1) is 11.3 Å². The van der Waals surface area contributed by atoms with Gasteiger partial charge in [0.1, 0.15) is 0 Å². The molecule has 0 spiro atoms. The summed E-state index contributed by atoms with van der Waals surface area (Å²) >= 11 is 1.54. The van der Waals surface area contributed by atoms with Gasteiger partial charge in [-0.05, 0) is 26.8 Å². The first-order valence-electron chi connectivity index (χ1n) is 7.38. The van der Waals surface area contributed by atoms with Crippen molar-refractivity contribution < 1.29 is 14.6 Å². The molecular formula is C14H23N3O3S. The van der Waals surface area contributed by atoms with Crippen LogP contribution in [0.4, 0.5) is 5.13 Å². The second-order valence-corrected chi connectivity index (χ2v) is 6.21. The van der Waals surface area contributed by atoms with E-state index in [9.17, 15) is 4.79 Å². The SMILES string of the molecule is CCOC(=O)c1nc(N2CCCN(CCO)CC2)sc1C. The summed E-state index contributed by atoms with van der Waals surface area (Å²) in [6.07, 6.45) is 1.04. The number of hydrogen-bond acceptors (Lipinski definition) is 7. The van der Waals surface area contributed by atoms with E-state index in [1.807, 2.05) is 6.92 Å². The first kappa shape index (κ1) is 16.2. The number of aromatic nitrogens is 1. The summed E-state index contributed by atoms with van der Waals surface area (Å²) in [6, 6.07) is 0. The third kappa shape index (κ3) is 4.15. The highest BCUT2D eigenvalue weighted by atomic mass is 32.1. The Morgan fingerprint density at radius 2 is 2.19 bits per heavy atom. The Morgan fingerprint density at radius 3 is 2.90 bits per heavy atom. The summed E-state index contributed by atoms with van der Waals surface area (Å²) < 4.78 is 5.03. The third-order valence-corrected chi connectivity index (χ3v) is 4.56. The summed E-state index contributed by atoms with van der Waals surface area (Å²) in [5.74, 6) is -0.339. The molecule has 21 heavy (non-hydrogen) atoms. The maximum Gasteiger partial charge on any atom is 0.358 e. The van der Waals surface area contributed by atoms with Crippen LogP contribution in [0.25, 0.3) is 0 Å². The number of rotatable bonds is 5. The third-order valence-electron chi connectivity index (χ3n) is 3.53. The van der Waals surface area contributed by atoms with Crippen LogP contribution in [0.3, 0.4) is 0 Å². The van der Waals surface area contributed by atoms with E-state index in [1.165, 1.54) is 0 Å². The van der Waals surface area contributed by atoms with Gasteiger partial charge in [-0.2, -0.15) is 0 Å². The number of nitrogens with zero attached hydrogens (tertiary/aromatic N) is 3. The molecule has 0 unspecified atom stereocenters. The number of anilines is 1. The van der Waals surface area contributed by atoms with Crippen LogP contribution in [-0.2, 0) is 4.74 Å². The maximum absolute atomic E-state index is 11.8. The van der Waals surface area contributed by atoms with Gasteiger partial charge < -0.3 is 14.7 Å². The van der Waals surface area contributed by atoms with E-state index in [4.69, 9.17) is 9.84 Å². The van der Waals surface area contributed by atoms with Crippen LogP contribution in [-0.4, -0.2) is 66.9 Å². The zero-order valence-electron chi connectivity index (χ0n) is 12.7. The fourth-order valence-corrected chi connectivity index (χ4v) is 3.38. The molecule has 1 aliphatic heterocycles. The van der Waals surface area contributed by atoms with Gasteiger partial charge in [0.05, 0.1) is 13.2 Å². The molecule has 118 valence electrons. The maximum atomic E-state index is 11.8. The fourth-order valence-electron chi connectivity index (χ4n) is 2.43. The number of aliphatic hydroxyl groups is 1. The Kier molecular flexibility index (Phi) is 5.96. The molecule has 1 fully saturated rings. The van der Waals surface area contributed by atoms with Crippen LogP contribution >= 0.6 is 11.3 Å². The van der Waals surface area contributed by atoms with Gasteiger partial charge in [-0.25, -0.2) is 9.78 Å². The van der Waals surface area contributed by atoms with Crippen molar-refractivity contribution in [3.63, 3.8) is 0 Å². The Balaban J connectivity index is 2.05. The van der Waals surface area contributed by atoms with Crippen molar-refractivity contribution in [2.75, 3.05) is 50.8 Å². The number of carbonyl (C=O) groups is 1. The number of aliphatic hydroxyl groups excluding tert-OH is 1. The molecule has 1 aromatic heterocycles. The molecule has 1 aromatic rings. The lowest BCUT2D eigenvalue weighted by molar-refractivity contribution is 0.0519. The van der Waals surface area contributed by atoms with E-state index in [1.54, 1.807) is 18.3 Å². The predicted molar refractivity (Wildman–Crippen MR) is 83.2 cm³/mol. The highest BCUT2D eigenvalue weighted by Crippen LogP contribution is 2.27. The standard InChI is InChI=1S/C14H23N3O3S/c1-3-20-13(19)12-11(2)21-14(15-12)17-6-4-5-16(7-8-17)9-10-18/h18H,3-10H2,1-2H3. The molecular weight excluding hydrogens is 290 g/mol. The van der Waals surface area contributed by atoms with Crippen molar-refractivity contribution in [1.29, 1.82) is 0 Å². The highest BCUT2D eigenvalue weighted by Gasteiger charge is 2.21. The molecule has 6 nitrogen and oxygen atoms in total. The fraction of sp³-hybridized carbons (Fsp3) is 0.714. The Morgan fingerprint density at radius 1 is 1.38 bits per heavy atom. The molecule has 0 saturated carbocycles. The number of aryl methyl sites for hydroxylation is 1. The lowest BCUT2D eigenvalue weighted by atomic mass is 10.4. The highest BCUT2D eigenvalue weighted by molar-refractivity contribution is 7.15. The van der Waals surface area contributed by atoms with Crippen LogP contribution in [0.2, 0.25) is 0 Å². The zero-order chi connectivity index (χ0) is 15.2. The van der Waals surface area contributed by atoms with E-state index in [0.717, 1.165) is 49.2 Å². The molecule has 1 aliphatic rings. The Bertz CT molecular complexity index is 478. The van der Waals surface area contributed by atoms with Gasteiger partial charge in [-0.3, -0.25) is 4.90 Å².